The smallest absolute Gasteiger partial charge is 0.259 e. The number of nitrogens with two attached hydrogens (primary N) is 1. The van der Waals surface area contributed by atoms with Crippen molar-refractivity contribution < 1.29 is 4.39 Å². The molecule has 1 aromatic carbocycles. The van der Waals surface area contributed by atoms with Gasteiger partial charge in [0.2, 0.25) is 0 Å². The summed E-state index contributed by atoms with van der Waals surface area (Å²) in [6.07, 6.45) is 4.16. The Kier molecular flexibility index (Phi) is 4.28. The van der Waals surface area contributed by atoms with Gasteiger partial charge in [0.15, 0.2) is 5.16 Å². The Labute approximate surface area is 142 Å². The Morgan fingerprint density at radius 3 is 2.71 bits per heavy atom. The predicted octanol–water partition coefficient (Wildman–Crippen LogP) is 3.00. The Bertz CT molecular complexity index is 1000. The van der Waals surface area contributed by atoms with Crippen LogP contribution in [-0.2, 0) is 13.5 Å². The zero-order valence-electron chi connectivity index (χ0n) is 13.6. The molecule has 0 amide bonds. The van der Waals surface area contributed by atoms with E-state index >= 15 is 0 Å². The van der Waals surface area contributed by atoms with Crippen LogP contribution in [0.3, 0.4) is 0 Å². The third kappa shape index (κ3) is 2.65. The maximum atomic E-state index is 13.7. The fourth-order valence-electron chi connectivity index (χ4n) is 2.70. The first-order valence-electron chi connectivity index (χ1n) is 7.45. The van der Waals surface area contributed by atoms with Gasteiger partial charge in [-0.15, -0.1) is 0 Å². The van der Waals surface area contributed by atoms with Gasteiger partial charge in [0, 0.05) is 24.2 Å². The number of hydrogen-bond donors (Lipinski definition) is 1. The van der Waals surface area contributed by atoms with E-state index in [1.807, 2.05) is 13.2 Å². The topological polar surface area (TPSA) is 73.8 Å². The minimum Gasteiger partial charge on any atom is -0.396 e. The number of nitrogens with zero attached hydrogens (tertiary/aromatic N) is 3. The Hall–Kier alpha value is -2.41. The second-order valence-electron chi connectivity index (χ2n) is 5.44. The van der Waals surface area contributed by atoms with Crippen LogP contribution in [-0.4, -0.2) is 20.8 Å². The first-order valence-corrected chi connectivity index (χ1v) is 8.67. The summed E-state index contributed by atoms with van der Waals surface area (Å²) in [5.74, 6) is -0.471. The van der Waals surface area contributed by atoms with Crippen LogP contribution in [0, 0.1) is 5.82 Å². The van der Waals surface area contributed by atoms with Gasteiger partial charge in [-0.25, -0.2) is 14.4 Å². The molecule has 0 aliphatic heterocycles. The third-order valence-electron chi connectivity index (χ3n) is 4.00. The van der Waals surface area contributed by atoms with E-state index in [1.165, 1.54) is 28.5 Å². The molecule has 3 rings (SSSR count). The summed E-state index contributed by atoms with van der Waals surface area (Å²) in [7, 11) is 1.67. The minimum absolute atomic E-state index is 0.0262. The van der Waals surface area contributed by atoms with Gasteiger partial charge < -0.3 is 5.73 Å². The van der Waals surface area contributed by atoms with Crippen LogP contribution in [0.5, 0.6) is 0 Å². The summed E-state index contributed by atoms with van der Waals surface area (Å²) in [5, 5.41) is 1.35. The molecule has 24 heavy (non-hydrogen) atoms. The van der Waals surface area contributed by atoms with Crippen LogP contribution in [0.1, 0.15) is 12.5 Å². The maximum Gasteiger partial charge on any atom is 0.259 e. The van der Waals surface area contributed by atoms with E-state index < -0.39 is 5.82 Å². The lowest BCUT2D eigenvalue weighted by Gasteiger charge is -2.13. The van der Waals surface area contributed by atoms with Gasteiger partial charge in [-0.1, -0.05) is 18.7 Å². The second-order valence-corrected chi connectivity index (χ2v) is 6.22. The predicted molar refractivity (Wildman–Crippen MR) is 95.7 cm³/mol. The lowest BCUT2D eigenvalue weighted by Crippen LogP contribution is -2.20. The molecule has 0 saturated carbocycles. The monoisotopic (exact) mass is 344 g/mol. The highest BCUT2D eigenvalue weighted by molar-refractivity contribution is 7.98. The van der Waals surface area contributed by atoms with Gasteiger partial charge in [0.25, 0.3) is 5.56 Å². The summed E-state index contributed by atoms with van der Waals surface area (Å²) in [4.78, 5) is 21.5. The zero-order valence-corrected chi connectivity index (χ0v) is 14.4. The summed E-state index contributed by atoms with van der Waals surface area (Å²) in [6.45, 7) is 1.91. The molecule has 0 saturated heterocycles. The van der Waals surface area contributed by atoms with Crippen LogP contribution in [0.15, 0.2) is 34.3 Å². The summed E-state index contributed by atoms with van der Waals surface area (Å²) in [5.41, 5.74) is 7.95. The van der Waals surface area contributed by atoms with E-state index in [0.29, 0.717) is 28.4 Å². The SMILES string of the molecule is CCc1cc(F)c(N)cc1-c1cc2cnc(SC)nc2n(C)c1=O. The van der Waals surface area contributed by atoms with E-state index in [-0.39, 0.29) is 11.2 Å². The minimum atomic E-state index is -0.471. The van der Waals surface area contributed by atoms with Gasteiger partial charge in [-0.05, 0) is 42.0 Å². The van der Waals surface area contributed by atoms with E-state index in [9.17, 15) is 9.18 Å². The molecule has 2 aromatic heterocycles. The van der Waals surface area contributed by atoms with Crippen molar-refractivity contribution in [3.05, 3.63) is 46.1 Å². The number of pyridine rings is 1. The van der Waals surface area contributed by atoms with Crippen LogP contribution >= 0.6 is 11.8 Å². The molecule has 0 bridgehead atoms. The van der Waals surface area contributed by atoms with Gasteiger partial charge in [-0.3, -0.25) is 9.36 Å². The van der Waals surface area contributed by atoms with Crippen molar-refractivity contribution in [3.8, 4) is 11.1 Å². The number of aromatic nitrogens is 3. The van der Waals surface area contributed by atoms with E-state index in [0.717, 1.165) is 10.9 Å². The average molecular weight is 344 g/mol. The average Bonchev–Trinajstić information content (AvgIpc) is 2.59. The maximum absolute atomic E-state index is 13.7. The fraction of sp³-hybridized carbons (Fsp3) is 0.235. The Balaban J connectivity index is 2.34. The molecule has 0 aliphatic rings. The first kappa shape index (κ1) is 16.4. The standard InChI is InChI=1S/C17H17FN4OS/c1-4-9-6-13(18)14(19)7-11(9)12-5-10-8-20-17(24-3)21-15(10)22(2)16(12)23/h5-8H,4,19H2,1-3H3. The Morgan fingerprint density at radius 2 is 2.04 bits per heavy atom. The van der Waals surface area contributed by atoms with E-state index in [1.54, 1.807) is 19.3 Å². The zero-order chi connectivity index (χ0) is 17.4. The molecule has 0 radical (unpaired) electrons. The number of hydrogen-bond acceptors (Lipinski definition) is 5. The lowest BCUT2D eigenvalue weighted by molar-refractivity contribution is 0.630. The summed E-state index contributed by atoms with van der Waals surface area (Å²) >= 11 is 1.41. The number of fused-ring (bicyclic) bond motifs is 1. The molecule has 0 fully saturated rings. The number of thioether (sulfide) groups is 1. The van der Waals surface area contributed by atoms with E-state index in [2.05, 4.69) is 9.97 Å². The normalized spacial score (nSPS) is 11.2. The molecule has 3 aromatic rings. The Morgan fingerprint density at radius 1 is 1.29 bits per heavy atom. The van der Waals surface area contributed by atoms with E-state index in [4.69, 9.17) is 5.73 Å². The lowest BCUT2D eigenvalue weighted by atomic mass is 9.97. The van der Waals surface area contributed by atoms with Crippen LogP contribution < -0.4 is 11.3 Å². The van der Waals surface area contributed by atoms with Crippen molar-refractivity contribution in [2.45, 2.75) is 18.5 Å². The highest BCUT2D eigenvalue weighted by Crippen LogP contribution is 2.28. The van der Waals surface area contributed by atoms with Crippen molar-refractivity contribution in [2.75, 3.05) is 12.0 Å². The van der Waals surface area contributed by atoms with Gasteiger partial charge >= 0.3 is 0 Å². The molecule has 5 nitrogen and oxygen atoms in total. The molecule has 2 heterocycles. The first-order chi connectivity index (χ1) is 11.5. The van der Waals surface area contributed by atoms with Crippen molar-refractivity contribution in [1.82, 2.24) is 14.5 Å². The van der Waals surface area contributed by atoms with Crippen LogP contribution in [0.4, 0.5) is 10.1 Å². The third-order valence-corrected chi connectivity index (χ3v) is 4.56. The number of benzene rings is 1. The number of anilines is 1. The summed E-state index contributed by atoms with van der Waals surface area (Å²) < 4.78 is 15.2. The highest BCUT2D eigenvalue weighted by atomic mass is 32.2. The van der Waals surface area contributed by atoms with Gasteiger partial charge in [-0.2, -0.15) is 0 Å². The molecule has 2 N–H and O–H groups in total. The van der Waals surface area contributed by atoms with Gasteiger partial charge in [0.05, 0.1) is 5.69 Å². The fourth-order valence-corrected chi connectivity index (χ4v) is 3.03. The van der Waals surface area contributed by atoms with Crippen molar-refractivity contribution in [1.29, 1.82) is 0 Å². The molecular weight excluding hydrogens is 327 g/mol. The molecule has 0 aliphatic carbocycles. The molecule has 0 spiro atoms. The van der Waals surface area contributed by atoms with Crippen LogP contribution in [0.25, 0.3) is 22.2 Å². The number of halogens is 1. The molecule has 7 heteroatoms. The van der Waals surface area contributed by atoms with Gasteiger partial charge in [0.1, 0.15) is 11.5 Å². The van der Waals surface area contributed by atoms with Crippen molar-refractivity contribution in [2.24, 2.45) is 7.05 Å². The molecule has 124 valence electrons. The summed E-state index contributed by atoms with van der Waals surface area (Å²) in [6, 6.07) is 4.66. The largest absolute Gasteiger partial charge is 0.396 e. The van der Waals surface area contributed by atoms with Crippen molar-refractivity contribution in [3.63, 3.8) is 0 Å². The quantitative estimate of drug-likeness (QED) is 0.449. The number of nitrogen functional groups attached to an aromatic ring is 1. The van der Waals surface area contributed by atoms with Crippen molar-refractivity contribution >= 4 is 28.5 Å². The second kappa shape index (κ2) is 6.24. The number of aryl methyl sites for hydroxylation is 2. The molecule has 0 unspecified atom stereocenters. The number of rotatable bonds is 3. The molecular formula is C17H17FN4OS. The highest BCUT2D eigenvalue weighted by Gasteiger charge is 2.15. The van der Waals surface area contributed by atoms with Crippen LogP contribution in [0.2, 0.25) is 0 Å². The molecule has 0 atom stereocenters.